The van der Waals surface area contributed by atoms with E-state index in [0.717, 1.165) is 5.56 Å². The maximum atomic E-state index is 12.5. The molecule has 23 heavy (non-hydrogen) atoms. The van der Waals surface area contributed by atoms with Gasteiger partial charge in [-0.05, 0) is 24.1 Å². The number of para-hydroxylation sites is 1. The molecule has 0 aliphatic carbocycles. The standard InChI is InChI=1S/C18H17ClN2O2/c19-14-8-4-5-9-15(14)20-18(23)16-10-11-17(22)21(16)12-13-6-2-1-3-7-13/h1-9,16H,10-12H2,(H,20,23). The largest absolute Gasteiger partial charge is 0.326 e. The van der Waals surface area contributed by atoms with Gasteiger partial charge in [0.1, 0.15) is 6.04 Å². The van der Waals surface area contributed by atoms with Crippen molar-refractivity contribution in [2.75, 3.05) is 5.32 Å². The molecule has 1 aliphatic rings. The molecule has 0 spiro atoms. The molecule has 2 amide bonds. The molecule has 2 aromatic carbocycles. The van der Waals surface area contributed by atoms with E-state index in [1.807, 2.05) is 36.4 Å². The van der Waals surface area contributed by atoms with Crippen LogP contribution in [0.1, 0.15) is 18.4 Å². The fourth-order valence-corrected chi connectivity index (χ4v) is 2.95. The van der Waals surface area contributed by atoms with Crippen molar-refractivity contribution in [1.29, 1.82) is 0 Å². The third-order valence-corrected chi connectivity index (χ3v) is 4.29. The summed E-state index contributed by atoms with van der Waals surface area (Å²) in [5, 5.41) is 3.31. The third kappa shape index (κ3) is 3.54. The third-order valence-electron chi connectivity index (χ3n) is 3.96. The Morgan fingerprint density at radius 1 is 1.13 bits per heavy atom. The first-order valence-electron chi connectivity index (χ1n) is 7.54. The van der Waals surface area contributed by atoms with Crippen LogP contribution in [0.5, 0.6) is 0 Å². The quantitative estimate of drug-likeness (QED) is 0.934. The minimum atomic E-state index is -0.459. The van der Waals surface area contributed by atoms with E-state index in [1.165, 1.54) is 0 Å². The van der Waals surface area contributed by atoms with Gasteiger partial charge in [0.2, 0.25) is 11.8 Å². The number of anilines is 1. The van der Waals surface area contributed by atoms with Crippen molar-refractivity contribution in [2.24, 2.45) is 0 Å². The minimum absolute atomic E-state index is 0.00756. The predicted octanol–water partition coefficient (Wildman–Crippen LogP) is 3.47. The molecule has 0 aromatic heterocycles. The minimum Gasteiger partial charge on any atom is -0.326 e. The highest BCUT2D eigenvalue weighted by Crippen LogP contribution is 2.25. The number of halogens is 1. The fourth-order valence-electron chi connectivity index (χ4n) is 2.76. The zero-order valence-electron chi connectivity index (χ0n) is 12.5. The number of nitrogens with one attached hydrogen (secondary N) is 1. The van der Waals surface area contributed by atoms with Gasteiger partial charge in [-0.3, -0.25) is 9.59 Å². The first-order chi connectivity index (χ1) is 11.1. The van der Waals surface area contributed by atoms with Gasteiger partial charge >= 0.3 is 0 Å². The number of benzene rings is 2. The highest BCUT2D eigenvalue weighted by atomic mass is 35.5. The number of likely N-dealkylation sites (tertiary alicyclic amines) is 1. The van der Waals surface area contributed by atoms with Gasteiger partial charge in [0, 0.05) is 13.0 Å². The average Bonchev–Trinajstić information content (AvgIpc) is 2.92. The molecule has 1 N–H and O–H groups in total. The molecule has 2 aromatic rings. The lowest BCUT2D eigenvalue weighted by molar-refractivity contribution is -0.133. The fraction of sp³-hybridized carbons (Fsp3) is 0.222. The molecule has 1 heterocycles. The van der Waals surface area contributed by atoms with Gasteiger partial charge in [0.15, 0.2) is 0 Å². The van der Waals surface area contributed by atoms with Gasteiger partial charge in [-0.2, -0.15) is 0 Å². The Kier molecular flexibility index (Phi) is 4.63. The van der Waals surface area contributed by atoms with Crippen LogP contribution in [0.2, 0.25) is 5.02 Å². The van der Waals surface area contributed by atoms with Crippen molar-refractivity contribution in [2.45, 2.75) is 25.4 Å². The van der Waals surface area contributed by atoms with E-state index in [9.17, 15) is 9.59 Å². The van der Waals surface area contributed by atoms with E-state index in [1.54, 1.807) is 23.1 Å². The summed E-state index contributed by atoms with van der Waals surface area (Å²) in [6.45, 7) is 0.445. The van der Waals surface area contributed by atoms with Crippen LogP contribution < -0.4 is 5.32 Å². The molecule has 1 unspecified atom stereocenters. The Hall–Kier alpha value is -2.33. The van der Waals surface area contributed by atoms with Crippen LogP contribution in [-0.2, 0) is 16.1 Å². The van der Waals surface area contributed by atoms with E-state index in [0.29, 0.717) is 30.1 Å². The van der Waals surface area contributed by atoms with Crippen molar-refractivity contribution in [3.05, 3.63) is 65.2 Å². The zero-order valence-corrected chi connectivity index (χ0v) is 13.3. The topological polar surface area (TPSA) is 49.4 Å². The Morgan fingerprint density at radius 2 is 1.83 bits per heavy atom. The second-order valence-corrected chi connectivity index (χ2v) is 5.94. The number of rotatable bonds is 4. The van der Waals surface area contributed by atoms with Crippen molar-refractivity contribution in [3.63, 3.8) is 0 Å². The molecule has 1 fully saturated rings. The van der Waals surface area contributed by atoms with Crippen LogP contribution in [0.15, 0.2) is 54.6 Å². The normalized spacial score (nSPS) is 17.3. The van der Waals surface area contributed by atoms with Crippen molar-refractivity contribution >= 4 is 29.1 Å². The highest BCUT2D eigenvalue weighted by molar-refractivity contribution is 6.33. The van der Waals surface area contributed by atoms with Crippen molar-refractivity contribution in [1.82, 2.24) is 4.90 Å². The summed E-state index contributed by atoms with van der Waals surface area (Å²) in [6, 6.07) is 16.3. The summed E-state index contributed by atoms with van der Waals surface area (Å²) in [5.74, 6) is -0.187. The number of amides is 2. The monoisotopic (exact) mass is 328 g/mol. The maximum absolute atomic E-state index is 12.5. The van der Waals surface area contributed by atoms with Crippen LogP contribution in [-0.4, -0.2) is 22.8 Å². The number of hydrogen-bond donors (Lipinski definition) is 1. The lowest BCUT2D eigenvalue weighted by atomic mass is 10.1. The van der Waals surface area contributed by atoms with Crippen LogP contribution in [0, 0.1) is 0 Å². The summed E-state index contributed by atoms with van der Waals surface area (Å²) >= 11 is 6.07. The summed E-state index contributed by atoms with van der Waals surface area (Å²) in [4.78, 5) is 26.3. The first-order valence-corrected chi connectivity index (χ1v) is 7.92. The van der Waals surface area contributed by atoms with E-state index < -0.39 is 6.04 Å². The maximum Gasteiger partial charge on any atom is 0.247 e. The number of nitrogens with zero attached hydrogens (tertiary/aromatic N) is 1. The Labute approximate surface area is 140 Å². The van der Waals surface area contributed by atoms with Crippen LogP contribution in [0.25, 0.3) is 0 Å². The predicted molar refractivity (Wildman–Crippen MR) is 90.1 cm³/mol. The zero-order chi connectivity index (χ0) is 16.2. The van der Waals surface area contributed by atoms with Gasteiger partial charge in [0.05, 0.1) is 10.7 Å². The van der Waals surface area contributed by atoms with Crippen molar-refractivity contribution in [3.8, 4) is 0 Å². The first kappa shape index (κ1) is 15.6. The molecule has 0 bridgehead atoms. The molecule has 1 aliphatic heterocycles. The summed E-state index contributed by atoms with van der Waals surface area (Å²) < 4.78 is 0. The smallest absolute Gasteiger partial charge is 0.247 e. The molecule has 5 heteroatoms. The van der Waals surface area contributed by atoms with E-state index in [2.05, 4.69) is 5.32 Å². The van der Waals surface area contributed by atoms with E-state index in [-0.39, 0.29) is 11.8 Å². The van der Waals surface area contributed by atoms with Crippen LogP contribution in [0.3, 0.4) is 0 Å². The highest BCUT2D eigenvalue weighted by Gasteiger charge is 2.36. The van der Waals surface area contributed by atoms with Gasteiger partial charge in [-0.15, -0.1) is 0 Å². The number of carbonyl (C=O) groups is 2. The Balaban J connectivity index is 1.74. The molecular formula is C18H17ClN2O2. The van der Waals surface area contributed by atoms with Gasteiger partial charge < -0.3 is 10.2 Å². The Morgan fingerprint density at radius 3 is 2.57 bits per heavy atom. The van der Waals surface area contributed by atoms with Gasteiger partial charge in [-0.1, -0.05) is 54.1 Å². The lowest BCUT2D eigenvalue weighted by Gasteiger charge is -2.24. The molecule has 4 nitrogen and oxygen atoms in total. The summed E-state index contributed by atoms with van der Waals surface area (Å²) in [6.07, 6.45) is 0.926. The molecule has 0 saturated carbocycles. The second kappa shape index (κ2) is 6.84. The average molecular weight is 329 g/mol. The van der Waals surface area contributed by atoms with E-state index in [4.69, 9.17) is 11.6 Å². The number of hydrogen-bond acceptors (Lipinski definition) is 2. The second-order valence-electron chi connectivity index (χ2n) is 5.53. The van der Waals surface area contributed by atoms with Crippen LogP contribution in [0.4, 0.5) is 5.69 Å². The molecule has 0 radical (unpaired) electrons. The van der Waals surface area contributed by atoms with Gasteiger partial charge in [-0.25, -0.2) is 0 Å². The Bertz CT molecular complexity index is 718. The molecule has 1 atom stereocenters. The van der Waals surface area contributed by atoms with Crippen LogP contribution >= 0.6 is 11.6 Å². The molecule has 3 rings (SSSR count). The number of carbonyl (C=O) groups excluding carboxylic acids is 2. The van der Waals surface area contributed by atoms with E-state index >= 15 is 0 Å². The van der Waals surface area contributed by atoms with Gasteiger partial charge in [0.25, 0.3) is 0 Å². The molecule has 118 valence electrons. The lowest BCUT2D eigenvalue weighted by Crippen LogP contribution is -2.41. The SMILES string of the molecule is O=C(Nc1ccccc1Cl)C1CCC(=O)N1Cc1ccccc1. The molecule has 1 saturated heterocycles. The van der Waals surface area contributed by atoms with Crippen molar-refractivity contribution < 1.29 is 9.59 Å². The molecular weight excluding hydrogens is 312 g/mol. The summed E-state index contributed by atoms with van der Waals surface area (Å²) in [5.41, 5.74) is 1.58. The summed E-state index contributed by atoms with van der Waals surface area (Å²) in [7, 11) is 0.